The Labute approximate surface area is 123 Å². The van der Waals surface area contributed by atoms with Crippen LogP contribution in [-0.4, -0.2) is 38.3 Å². The molecule has 2 aliphatic heterocycles. The van der Waals surface area contributed by atoms with Crippen molar-refractivity contribution in [2.75, 3.05) is 26.9 Å². The third-order valence-corrected chi connectivity index (χ3v) is 5.24. The number of Topliss-reactive ketones (excluding diaryl/α,β-unsaturated/α-hetero) is 1. The van der Waals surface area contributed by atoms with Gasteiger partial charge in [0.05, 0.1) is 17.6 Å². The third-order valence-electron chi connectivity index (χ3n) is 4.32. The van der Waals surface area contributed by atoms with Gasteiger partial charge >= 0.3 is 0 Å². The van der Waals surface area contributed by atoms with E-state index >= 15 is 0 Å². The zero-order valence-electron chi connectivity index (χ0n) is 11.7. The fraction of sp³-hybridized carbons (Fsp3) is 0.667. The highest BCUT2D eigenvalue weighted by atomic mass is 32.1. The SMILES string of the molecule is COc1csc(C(=O)C2CCOC3(CCOCC3)C2)c1. The molecule has 3 heterocycles. The highest BCUT2D eigenvalue weighted by Crippen LogP contribution is 2.39. The van der Waals surface area contributed by atoms with Crippen molar-refractivity contribution in [2.45, 2.75) is 31.3 Å². The Kier molecular flexibility index (Phi) is 4.10. The fourth-order valence-corrected chi connectivity index (χ4v) is 3.97. The molecular formula is C15H20O4S. The van der Waals surface area contributed by atoms with E-state index in [0.717, 1.165) is 49.5 Å². The molecule has 0 bridgehead atoms. The van der Waals surface area contributed by atoms with Gasteiger partial charge in [-0.3, -0.25) is 4.79 Å². The molecule has 2 saturated heterocycles. The largest absolute Gasteiger partial charge is 0.496 e. The average molecular weight is 296 g/mol. The van der Waals surface area contributed by atoms with Gasteiger partial charge in [-0.05, 0) is 25.7 Å². The fourth-order valence-electron chi connectivity index (χ4n) is 3.10. The van der Waals surface area contributed by atoms with Crippen LogP contribution in [0.15, 0.2) is 11.4 Å². The Hall–Kier alpha value is -0.910. The molecule has 3 rings (SSSR count). The highest BCUT2D eigenvalue weighted by molar-refractivity contribution is 7.12. The number of hydrogen-bond donors (Lipinski definition) is 0. The number of ketones is 1. The maximum absolute atomic E-state index is 12.6. The number of carbonyl (C=O) groups excluding carboxylic acids is 1. The van der Waals surface area contributed by atoms with Gasteiger partial charge in [0.2, 0.25) is 0 Å². The summed E-state index contributed by atoms with van der Waals surface area (Å²) in [6.07, 6.45) is 3.46. The van der Waals surface area contributed by atoms with Gasteiger partial charge in [-0.15, -0.1) is 11.3 Å². The van der Waals surface area contributed by atoms with Gasteiger partial charge in [0.1, 0.15) is 5.75 Å². The standard InChI is InChI=1S/C15H20O4S/c1-17-12-8-13(20-10-12)14(16)11-2-5-19-15(9-11)3-6-18-7-4-15/h8,10-11H,2-7,9H2,1H3. The molecule has 4 nitrogen and oxygen atoms in total. The molecule has 0 aromatic carbocycles. The summed E-state index contributed by atoms with van der Waals surface area (Å²) in [7, 11) is 1.63. The molecule has 0 amide bonds. The van der Waals surface area contributed by atoms with Crippen LogP contribution < -0.4 is 4.74 Å². The number of ether oxygens (including phenoxy) is 3. The summed E-state index contributed by atoms with van der Waals surface area (Å²) in [4.78, 5) is 13.4. The Morgan fingerprint density at radius 2 is 2.20 bits per heavy atom. The molecule has 0 aliphatic carbocycles. The second-order valence-corrected chi connectivity index (χ2v) is 6.46. The molecular weight excluding hydrogens is 276 g/mol. The van der Waals surface area contributed by atoms with Gasteiger partial charge in [-0.2, -0.15) is 0 Å². The van der Waals surface area contributed by atoms with E-state index in [-0.39, 0.29) is 17.3 Å². The molecule has 5 heteroatoms. The first kappa shape index (κ1) is 14.0. The second kappa shape index (κ2) is 5.84. The molecule has 20 heavy (non-hydrogen) atoms. The van der Waals surface area contributed by atoms with Gasteiger partial charge in [0.15, 0.2) is 5.78 Å². The van der Waals surface area contributed by atoms with Crippen molar-refractivity contribution in [3.8, 4) is 5.75 Å². The molecule has 0 N–H and O–H groups in total. The summed E-state index contributed by atoms with van der Waals surface area (Å²) < 4.78 is 16.6. The average Bonchev–Trinajstić information content (AvgIpc) is 2.96. The van der Waals surface area contributed by atoms with E-state index in [1.165, 1.54) is 11.3 Å². The van der Waals surface area contributed by atoms with Crippen molar-refractivity contribution in [1.82, 2.24) is 0 Å². The van der Waals surface area contributed by atoms with E-state index in [0.29, 0.717) is 6.61 Å². The minimum atomic E-state index is -0.127. The van der Waals surface area contributed by atoms with Gasteiger partial charge in [-0.25, -0.2) is 0 Å². The summed E-state index contributed by atoms with van der Waals surface area (Å²) in [5.74, 6) is 1.09. The van der Waals surface area contributed by atoms with Crippen LogP contribution in [0.2, 0.25) is 0 Å². The van der Waals surface area contributed by atoms with Gasteiger partial charge in [-0.1, -0.05) is 0 Å². The minimum absolute atomic E-state index is 0.0743. The van der Waals surface area contributed by atoms with Crippen molar-refractivity contribution < 1.29 is 19.0 Å². The number of thiophene rings is 1. The van der Waals surface area contributed by atoms with Crippen LogP contribution in [0.3, 0.4) is 0 Å². The van der Waals surface area contributed by atoms with Crippen molar-refractivity contribution in [3.63, 3.8) is 0 Å². The predicted octanol–water partition coefficient (Wildman–Crippen LogP) is 2.92. The van der Waals surface area contributed by atoms with Gasteiger partial charge < -0.3 is 14.2 Å². The molecule has 2 aliphatic rings. The maximum Gasteiger partial charge on any atom is 0.176 e. The van der Waals surface area contributed by atoms with Crippen LogP contribution >= 0.6 is 11.3 Å². The van der Waals surface area contributed by atoms with E-state index < -0.39 is 0 Å². The molecule has 0 saturated carbocycles. The first-order chi connectivity index (χ1) is 9.72. The van der Waals surface area contributed by atoms with Crippen LogP contribution in [0.25, 0.3) is 0 Å². The Morgan fingerprint density at radius 1 is 1.40 bits per heavy atom. The summed E-state index contributed by atoms with van der Waals surface area (Å²) in [6, 6.07) is 1.85. The zero-order chi connectivity index (χ0) is 14.0. The van der Waals surface area contributed by atoms with Crippen LogP contribution in [0.1, 0.15) is 35.4 Å². The summed E-state index contributed by atoms with van der Waals surface area (Å²) in [6.45, 7) is 2.17. The minimum Gasteiger partial charge on any atom is -0.496 e. The topological polar surface area (TPSA) is 44.8 Å². The van der Waals surface area contributed by atoms with Crippen molar-refractivity contribution in [3.05, 3.63) is 16.3 Å². The number of methoxy groups -OCH3 is 1. The third kappa shape index (κ3) is 2.75. The smallest absolute Gasteiger partial charge is 0.176 e. The first-order valence-electron chi connectivity index (χ1n) is 7.11. The van der Waals surface area contributed by atoms with Crippen molar-refractivity contribution in [2.24, 2.45) is 5.92 Å². The number of carbonyl (C=O) groups is 1. The van der Waals surface area contributed by atoms with E-state index in [9.17, 15) is 4.79 Å². The summed E-state index contributed by atoms with van der Waals surface area (Å²) in [5.41, 5.74) is -0.127. The zero-order valence-corrected chi connectivity index (χ0v) is 12.5. The lowest BCUT2D eigenvalue weighted by atomic mass is 9.79. The Morgan fingerprint density at radius 3 is 2.90 bits per heavy atom. The van der Waals surface area contributed by atoms with E-state index in [4.69, 9.17) is 14.2 Å². The van der Waals surface area contributed by atoms with Crippen LogP contribution in [0.4, 0.5) is 0 Å². The first-order valence-corrected chi connectivity index (χ1v) is 7.99. The normalized spacial score (nSPS) is 25.6. The summed E-state index contributed by atoms with van der Waals surface area (Å²) >= 11 is 1.47. The maximum atomic E-state index is 12.6. The monoisotopic (exact) mass is 296 g/mol. The lowest BCUT2D eigenvalue weighted by Crippen LogP contribution is -2.45. The number of hydrogen-bond acceptors (Lipinski definition) is 5. The Bertz CT molecular complexity index is 470. The molecule has 1 spiro atoms. The van der Waals surface area contributed by atoms with Crippen LogP contribution in [0.5, 0.6) is 5.75 Å². The lowest BCUT2D eigenvalue weighted by molar-refractivity contribution is -0.142. The second-order valence-electron chi connectivity index (χ2n) is 5.55. The summed E-state index contributed by atoms with van der Waals surface area (Å²) in [5, 5.41) is 1.89. The van der Waals surface area contributed by atoms with Gasteiger partial charge in [0.25, 0.3) is 0 Å². The molecule has 1 unspecified atom stereocenters. The van der Waals surface area contributed by atoms with Crippen LogP contribution in [-0.2, 0) is 9.47 Å². The quantitative estimate of drug-likeness (QED) is 0.805. The van der Waals surface area contributed by atoms with E-state index in [2.05, 4.69) is 0 Å². The highest BCUT2D eigenvalue weighted by Gasteiger charge is 2.41. The molecule has 2 fully saturated rings. The van der Waals surface area contributed by atoms with E-state index in [1.54, 1.807) is 7.11 Å². The molecule has 1 aromatic heterocycles. The predicted molar refractivity (Wildman–Crippen MR) is 76.7 cm³/mol. The van der Waals surface area contributed by atoms with Crippen LogP contribution in [0, 0.1) is 5.92 Å². The molecule has 1 aromatic rings. The Balaban J connectivity index is 1.71. The van der Waals surface area contributed by atoms with Crippen molar-refractivity contribution >= 4 is 17.1 Å². The van der Waals surface area contributed by atoms with Crippen molar-refractivity contribution in [1.29, 1.82) is 0 Å². The molecule has 110 valence electrons. The lowest BCUT2D eigenvalue weighted by Gasteiger charge is -2.42. The van der Waals surface area contributed by atoms with Gasteiger partial charge in [0, 0.05) is 37.2 Å². The molecule has 1 atom stereocenters. The van der Waals surface area contributed by atoms with E-state index in [1.807, 2.05) is 11.4 Å². The molecule has 0 radical (unpaired) electrons. The number of rotatable bonds is 3.